The van der Waals surface area contributed by atoms with Crippen molar-refractivity contribution in [3.63, 3.8) is 0 Å². The molecule has 0 aliphatic heterocycles. The Balaban J connectivity index is 2.34. The maximum absolute atomic E-state index is 6.06. The van der Waals surface area contributed by atoms with E-state index in [0.29, 0.717) is 21.5 Å². The molecule has 0 fully saturated rings. The standard InChI is InChI=1S/C13H8BrCl2N3/c14-7-2-1-3-8(4-7)19-12-6-10(16)9(15)5-11(12)18-13(19)17/h1-6H,(H2,17,18). The number of hydrogen-bond acceptors (Lipinski definition) is 2. The first-order valence-electron chi connectivity index (χ1n) is 5.45. The van der Waals surface area contributed by atoms with Crippen molar-refractivity contribution in [2.45, 2.75) is 0 Å². The topological polar surface area (TPSA) is 43.8 Å². The third-order valence-corrected chi connectivity index (χ3v) is 4.00. The maximum Gasteiger partial charge on any atom is 0.205 e. The van der Waals surface area contributed by atoms with Crippen molar-refractivity contribution in [3.8, 4) is 5.69 Å². The third kappa shape index (κ3) is 2.20. The largest absolute Gasteiger partial charge is 0.369 e. The molecule has 3 aromatic rings. The summed E-state index contributed by atoms with van der Waals surface area (Å²) in [5.74, 6) is 0.395. The molecule has 0 radical (unpaired) electrons. The molecule has 3 rings (SSSR count). The van der Waals surface area contributed by atoms with Crippen LogP contribution >= 0.6 is 39.1 Å². The van der Waals surface area contributed by atoms with Crippen LogP contribution in [0.1, 0.15) is 0 Å². The minimum atomic E-state index is 0.395. The fraction of sp³-hybridized carbons (Fsp3) is 0. The van der Waals surface area contributed by atoms with Crippen molar-refractivity contribution < 1.29 is 0 Å². The first-order valence-corrected chi connectivity index (χ1v) is 7.00. The van der Waals surface area contributed by atoms with Crippen LogP contribution in [0.2, 0.25) is 10.0 Å². The summed E-state index contributed by atoms with van der Waals surface area (Å²) >= 11 is 15.5. The van der Waals surface area contributed by atoms with Gasteiger partial charge in [0.1, 0.15) is 0 Å². The molecule has 3 nitrogen and oxygen atoms in total. The van der Waals surface area contributed by atoms with Crippen molar-refractivity contribution >= 4 is 56.1 Å². The van der Waals surface area contributed by atoms with Crippen LogP contribution < -0.4 is 5.73 Å². The lowest BCUT2D eigenvalue weighted by Crippen LogP contribution is -2.00. The predicted molar refractivity (Wildman–Crippen MR) is 83.2 cm³/mol. The zero-order chi connectivity index (χ0) is 13.6. The molecule has 19 heavy (non-hydrogen) atoms. The molecule has 6 heteroatoms. The Morgan fingerprint density at radius 2 is 1.84 bits per heavy atom. The van der Waals surface area contributed by atoms with Gasteiger partial charge >= 0.3 is 0 Å². The van der Waals surface area contributed by atoms with Crippen LogP contribution in [-0.2, 0) is 0 Å². The molecule has 96 valence electrons. The van der Waals surface area contributed by atoms with E-state index in [1.54, 1.807) is 12.1 Å². The summed E-state index contributed by atoms with van der Waals surface area (Å²) in [6.45, 7) is 0. The van der Waals surface area contributed by atoms with Gasteiger partial charge in [-0.25, -0.2) is 4.98 Å². The first-order chi connectivity index (χ1) is 9.06. The minimum Gasteiger partial charge on any atom is -0.369 e. The van der Waals surface area contributed by atoms with Crippen molar-refractivity contribution in [2.75, 3.05) is 5.73 Å². The van der Waals surface area contributed by atoms with Crippen LogP contribution in [0, 0.1) is 0 Å². The highest BCUT2D eigenvalue weighted by Crippen LogP contribution is 2.31. The lowest BCUT2D eigenvalue weighted by Gasteiger charge is -2.07. The van der Waals surface area contributed by atoms with E-state index >= 15 is 0 Å². The third-order valence-electron chi connectivity index (χ3n) is 2.79. The molecule has 0 atom stereocenters. The summed E-state index contributed by atoms with van der Waals surface area (Å²) in [5.41, 5.74) is 8.43. The van der Waals surface area contributed by atoms with Crippen LogP contribution in [-0.4, -0.2) is 9.55 Å². The van der Waals surface area contributed by atoms with E-state index in [4.69, 9.17) is 28.9 Å². The molecule has 2 aromatic carbocycles. The van der Waals surface area contributed by atoms with Crippen LogP contribution in [0.15, 0.2) is 40.9 Å². The Morgan fingerprint density at radius 3 is 2.58 bits per heavy atom. The number of nitrogens with two attached hydrogens (primary N) is 1. The van der Waals surface area contributed by atoms with Gasteiger partial charge in [-0.05, 0) is 30.3 Å². The molecular formula is C13H8BrCl2N3. The van der Waals surface area contributed by atoms with Crippen LogP contribution in [0.4, 0.5) is 5.95 Å². The van der Waals surface area contributed by atoms with Gasteiger partial charge in [-0.2, -0.15) is 0 Å². The molecule has 0 spiro atoms. The fourth-order valence-corrected chi connectivity index (χ4v) is 2.68. The van der Waals surface area contributed by atoms with E-state index in [2.05, 4.69) is 20.9 Å². The molecule has 0 unspecified atom stereocenters. The maximum atomic E-state index is 6.06. The van der Waals surface area contributed by atoms with Crippen LogP contribution in [0.5, 0.6) is 0 Å². The summed E-state index contributed by atoms with van der Waals surface area (Å²) in [6, 6.07) is 11.3. The Bertz CT molecular complexity index is 783. The first kappa shape index (κ1) is 12.8. The van der Waals surface area contributed by atoms with E-state index in [1.165, 1.54) is 0 Å². The molecule has 2 N–H and O–H groups in total. The zero-order valence-electron chi connectivity index (χ0n) is 9.57. The molecule has 1 aromatic heterocycles. The van der Waals surface area contributed by atoms with Crippen LogP contribution in [0.3, 0.4) is 0 Å². The fourth-order valence-electron chi connectivity index (χ4n) is 1.98. The highest BCUT2D eigenvalue weighted by Gasteiger charge is 2.12. The summed E-state index contributed by atoms with van der Waals surface area (Å²) in [4.78, 5) is 4.30. The zero-order valence-corrected chi connectivity index (χ0v) is 12.7. The van der Waals surface area contributed by atoms with Gasteiger partial charge in [0, 0.05) is 4.47 Å². The lowest BCUT2D eigenvalue weighted by atomic mass is 10.3. The number of fused-ring (bicyclic) bond motifs is 1. The van der Waals surface area contributed by atoms with Gasteiger partial charge in [0.05, 0.1) is 26.8 Å². The van der Waals surface area contributed by atoms with Crippen molar-refractivity contribution in [3.05, 3.63) is 50.9 Å². The average molecular weight is 357 g/mol. The highest BCUT2D eigenvalue weighted by molar-refractivity contribution is 9.10. The number of nitrogen functional groups attached to an aromatic ring is 1. The predicted octanol–water partition coefficient (Wildman–Crippen LogP) is 4.68. The molecule has 0 aliphatic rings. The Hall–Kier alpha value is -1.23. The number of nitrogens with zero attached hydrogens (tertiary/aromatic N) is 2. The molecule has 0 saturated heterocycles. The number of rotatable bonds is 1. The second kappa shape index (κ2) is 4.71. The number of halogens is 3. The number of aromatic nitrogens is 2. The number of anilines is 1. The molecular weight excluding hydrogens is 349 g/mol. The van der Waals surface area contributed by atoms with E-state index < -0.39 is 0 Å². The minimum absolute atomic E-state index is 0.395. The molecule has 1 heterocycles. The Kier molecular flexibility index (Phi) is 3.17. The summed E-state index contributed by atoms with van der Waals surface area (Å²) < 4.78 is 2.80. The lowest BCUT2D eigenvalue weighted by molar-refractivity contribution is 1.11. The number of imidazole rings is 1. The number of hydrogen-bond donors (Lipinski definition) is 1. The summed E-state index contributed by atoms with van der Waals surface area (Å²) in [7, 11) is 0. The Morgan fingerprint density at radius 1 is 1.11 bits per heavy atom. The smallest absolute Gasteiger partial charge is 0.205 e. The van der Waals surface area contributed by atoms with Crippen molar-refractivity contribution in [1.82, 2.24) is 9.55 Å². The summed E-state index contributed by atoms with van der Waals surface area (Å²) in [6.07, 6.45) is 0. The Labute approximate surface area is 128 Å². The van der Waals surface area contributed by atoms with Gasteiger partial charge < -0.3 is 5.73 Å². The van der Waals surface area contributed by atoms with E-state index in [9.17, 15) is 0 Å². The van der Waals surface area contributed by atoms with Gasteiger partial charge in [-0.15, -0.1) is 0 Å². The number of benzene rings is 2. The molecule has 0 aliphatic carbocycles. The quantitative estimate of drug-likeness (QED) is 0.688. The second-order valence-electron chi connectivity index (χ2n) is 4.04. The van der Waals surface area contributed by atoms with E-state index in [1.807, 2.05) is 28.8 Å². The van der Waals surface area contributed by atoms with Gasteiger partial charge in [-0.3, -0.25) is 4.57 Å². The molecule has 0 saturated carbocycles. The van der Waals surface area contributed by atoms with Crippen molar-refractivity contribution in [2.24, 2.45) is 0 Å². The van der Waals surface area contributed by atoms with Gasteiger partial charge in [0.25, 0.3) is 0 Å². The second-order valence-corrected chi connectivity index (χ2v) is 5.77. The van der Waals surface area contributed by atoms with Crippen LogP contribution in [0.25, 0.3) is 16.7 Å². The van der Waals surface area contributed by atoms with Crippen molar-refractivity contribution in [1.29, 1.82) is 0 Å². The molecule has 0 amide bonds. The van der Waals surface area contributed by atoms with Gasteiger partial charge in [0.15, 0.2) is 0 Å². The SMILES string of the molecule is Nc1nc2cc(Cl)c(Cl)cc2n1-c1cccc(Br)c1. The molecule has 0 bridgehead atoms. The normalized spacial score (nSPS) is 11.1. The van der Waals surface area contributed by atoms with E-state index in [0.717, 1.165) is 15.7 Å². The highest BCUT2D eigenvalue weighted by atomic mass is 79.9. The average Bonchev–Trinajstić information content (AvgIpc) is 2.65. The van der Waals surface area contributed by atoms with E-state index in [-0.39, 0.29) is 0 Å². The monoisotopic (exact) mass is 355 g/mol. The van der Waals surface area contributed by atoms with Gasteiger partial charge in [-0.1, -0.05) is 45.2 Å². The summed E-state index contributed by atoms with van der Waals surface area (Å²) in [5, 5.41) is 0.943. The van der Waals surface area contributed by atoms with Gasteiger partial charge in [0.2, 0.25) is 5.95 Å².